The van der Waals surface area contributed by atoms with E-state index in [2.05, 4.69) is 14.5 Å². The Morgan fingerprint density at radius 3 is 2.71 bits per heavy atom. The van der Waals surface area contributed by atoms with Gasteiger partial charge < -0.3 is 18.9 Å². The van der Waals surface area contributed by atoms with E-state index < -0.39 is 12.2 Å². The van der Waals surface area contributed by atoms with Gasteiger partial charge in [0.1, 0.15) is 0 Å². The van der Waals surface area contributed by atoms with Gasteiger partial charge in [0.2, 0.25) is 0 Å². The number of amides is 1. The van der Waals surface area contributed by atoms with E-state index in [1.807, 2.05) is 34.9 Å². The van der Waals surface area contributed by atoms with Gasteiger partial charge in [-0.2, -0.15) is 0 Å². The lowest BCUT2D eigenvalue weighted by Crippen LogP contribution is -2.36. The number of imidazole rings is 1. The van der Waals surface area contributed by atoms with E-state index in [9.17, 15) is 13.6 Å². The summed E-state index contributed by atoms with van der Waals surface area (Å²) in [6, 6.07) is 14.1. The highest BCUT2D eigenvalue weighted by Crippen LogP contribution is 2.43. The number of carbonyl (C=O) groups excluding carboxylic acids is 1. The lowest BCUT2D eigenvalue weighted by Gasteiger charge is -2.27. The third-order valence-corrected chi connectivity index (χ3v) is 4.89. The van der Waals surface area contributed by atoms with Crippen molar-refractivity contribution in [1.82, 2.24) is 14.5 Å². The van der Waals surface area contributed by atoms with Crippen LogP contribution in [0.15, 0.2) is 54.9 Å². The molecule has 0 fully saturated rings. The third-order valence-electron chi connectivity index (χ3n) is 4.89. The smallest absolute Gasteiger partial charge is 0.395 e. The monoisotopic (exact) mass is 383 g/mol. The molecule has 0 radical (unpaired) electrons. The molecule has 1 aromatic heterocycles. The second kappa shape index (κ2) is 6.05. The summed E-state index contributed by atoms with van der Waals surface area (Å²) in [7, 11) is 0. The molecule has 6 nitrogen and oxygen atoms in total. The summed E-state index contributed by atoms with van der Waals surface area (Å²) in [6.45, 7) is 0.750. The van der Waals surface area contributed by atoms with Crippen molar-refractivity contribution in [2.45, 2.75) is 19.3 Å². The van der Waals surface area contributed by atoms with Crippen LogP contribution >= 0.6 is 0 Å². The van der Waals surface area contributed by atoms with Gasteiger partial charge in [0.15, 0.2) is 11.5 Å². The first kappa shape index (κ1) is 16.7. The van der Waals surface area contributed by atoms with Crippen molar-refractivity contribution in [3.63, 3.8) is 0 Å². The topological polar surface area (TPSA) is 56.6 Å². The van der Waals surface area contributed by atoms with Gasteiger partial charge >= 0.3 is 6.29 Å². The largest absolute Gasteiger partial charge is 0.586 e. The van der Waals surface area contributed by atoms with Gasteiger partial charge in [-0.1, -0.05) is 24.3 Å². The van der Waals surface area contributed by atoms with Crippen LogP contribution in [0.25, 0.3) is 5.69 Å². The molecule has 0 spiro atoms. The van der Waals surface area contributed by atoms with Gasteiger partial charge in [0, 0.05) is 24.3 Å². The molecule has 1 amide bonds. The van der Waals surface area contributed by atoms with E-state index in [1.54, 1.807) is 11.2 Å². The minimum Gasteiger partial charge on any atom is -0.395 e. The zero-order valence-corrected chi connectivity index (χ0v) is 14.6. The number of hydrogen-bond donors (Lipinski definition) is 0. The van der Waals surface area contributed by atoms with Gasteiger partial charge in [-0.05, 0) is 24.3 Å². The first-order chi connectivity index (χ1) is 13.5. The summed E-state index contributed by atoms with van der Waals surface area (Å²) in [5.74, 6) is -0.752. The third kappa shape index (κ3) is 2.69. The molecule has 2 aliphatic rings. The molecule has 3 heterocycles. The maximum Gasteiger partial charge on any atom is 0.586 e. The number of rotatable bonds is 2. The Balaban J connectivity index is 1.42. The SMILES string of the molecule is O=C(c1cccc2c1OC(F)(F)O2)N1CCc2c(ncn2-c2ccccc2)C1. The summed E-state index contributed by atoms with van der Waals surface area (Å²) >= 11 is 0. The molecule has 0 N–H and O–H groups in total. The van der Waals surface area contributed by atoms with Gasteiger partial charge in [0.25, 0.3) is 5.91 Å². The van der Waals surface area contributed by atoms with Crippen molar-refractivity contribution in [2.24, 2.45) is 0 Å². The highest BCUT2D eigenvalue weighted by Gasteiger charge is 2.45. The summed E-state index contributed by atoms with van der Waals surface area (Å²) < 4.78 is 37.8. The van der Waals surface area contributed by atoms with Crippen molar-refractivity contribution in [3.8, 4) is 17.2 Å². The molecule has 0 atom stereocenters. The van der Waals surface area contributed by atoms with Gasteiger partial charge in [-0.15, -0.1) is 8.78 Å². The van der Waals surface area contributed by atoms with Crippen molar-refractivity contribution in [3.05, 3.63) is 71.8 Å². The van der Waals surface area contributed by atoms with E-state index in [1.165, 1.54) is 18.2 Å². The van der Waals surface area contributed by atoms with Crippen molar-refractivity contribution >= 4 is 5.91 Å². The number of para-hydroxylation sites is 2. The summed E-state index contributed by atoms with van der Waals surface area (Å²) in [5.41, 5.74) is 2.89. The molecule has 0 unspecified atom stereocenters. The minimum absolute atomic E-state index is 0.0561. The second-order valence-corrected chi connectivity index (χ2v) is 6.62. The Bertz CT molecular complexity index is 1070. The fraction of sp³-hybridized carbons (Fsp3) is 0.200. The second-order valence-electron chi connectivity index (χ2n) is 6.62. The van der Waals surface area contributed by atoms with Crippen LogP contribution in [0.3, 0.4) is 0 Å². The first-order valence-electron chi connectivity index (χ1n) is 8.80. The lowest BCUT2D eigenvalue weighted by atomic mass is 10.1. The Labute approximate surface area is 158 Å². The van der Waals surface area contributed by atoms with Crippen LogP contribution in [-0.2, 0) is 13.0 Å². The molecule has 3 aromatic rings. The first-order valence-corrected chi connectivity index (χ1v) is 8.80. The molecule has 0 aliphatic carbocycles. The molecule has 5 rings (SSSR count). The van der Waals surface area contributed by atoms with Crippen LogP contribution in [-0.4, -0.2) is 33.2 Å². The zero-order chi connectivity index (χ0) is 19.3. The van der Waals surface area contributed by atoms with Crippen LogP contribution < -0.4 is 9.47 Å². The molecule has 28 heavy (non-hydrogen) atoms. The predicted molar refractivity (Wildman–Crippen MR) is 94.7 cm³/mol. The van der Waals surface area contributed by atoms with Crippen LogP contribution in [0, 0.1) is 0 Å². The number of halogens is 2. The minimum atomic E-state index is -3.76. The summed E-state index contributed by atoms with van der Waals surface area (Å²) in [5, 5.41) is 0. The van der Waals surface area contributed by atoms with E-state index in [0.29, 0.717) is 19.5 Å². The number of fused-ring (bicyclic) bond motifs is 2. The quantitative estimate of drug-likeness (QED) is 0.681. The molecule has 2 aromatic carbocycles. The predicted octanol–water partition coefficient (Wildman–Crippen LogP) is 3.39. The number of carbonyl (C=O) groups is 1. The molecule has 8 heteroatoms. The van der Waals surface area contributed by atoms with E-state index in [0.717, 1.165) is 17.1 Å². The summed E-state index contributed by atoms with van der Waals surface area (Å²) in [6.07, 6.45) is -1.41. The number of alkyl halides is 2. The van der Waals surface area contributed by atoms with Crippen LogP contribution in [0.1, 0.15) is 21.7 Å². The van der Waals surface area contributed by atoms with Gasteiger partial charge in [0.05, 0.1) is 24.1 Å². The molecule has 0 saturated carbocycles. The average Bonchev–Trinajstić information content (AvgIpc) is 3.26. The standard InChI is InChI=1S/C20H15F2N3O3/c21-20(22)27-17-8-4-7-14(18(17)28-20)19(26)24-10-9-16-15(11-24)23-12-25(16)13-5-2-1-3-6-13/h1-8,12H,9-11H2. The molecule has 0 saturated heterocycles. The Morgan fingerprint density at radius 2 is 1.89 bits per heavy atom. The number of hydrogen-bond acceptors (Lipinski definition) is 4. The van der Waals surface area contributed by atoms with Crippen molar-refractivity contribution in [1.29, 1.82) is 0 Å². The van der Waals surface area contributed by atoms with Gasteiger partial charge in [-0.3, -0.25) is 4.79 Å². The number of aromatic nitrogens is 2. The van der Waals surface area contributed by atoms with Crippen LogP contribution in [0.5, 0.6) is 11.5 Å². The van der Waals surface area contributed by atoms with Crippen molar-refractivity contribution in [2.75, 3.05) is 6.54 Å². The zero-order valence-electron chi connectivity index (χ0n) is 14.6. The average molecular weight is 383 g/mol. The fourth-order valence-electron chi connectivity index (χ4n) is 3.60. The fourth-order valence-corrected chi connectivity index (χ4v) is 3.60. The highest BCUT2D eigenvalue weighted by molar-refractivity contribution is 5.98. The Morgan fingerprint density at radius 1 is 1.07 bits per heavy atom. The Kier molecular flexibility index (Phi) is 3.61. The van der Waals surface area contributed by atoms with Gasteiger partial charge in [-0.25, -0.2) is 4.98 Å². The Hall–Kier alpha value is -3.42. The van der Waals surface area contributed by atoms with Crippen LogP contribution in [0.4, 0.5) is 8.78 Å². The number of benzene rings is 2. The maximum atomic E-state index is 13.4. The maximum absolute atomic E-state index is 13.4. The highest BCUT2D eigenvalue weighted by atomic mass is 19.3. The van der Waals surface area contributed by atoms with E-state index in [-0.39, 0.29) is 17.1 Å². The summed E-state index contributed by atoms with van der Waals surface area (Å²) in [4.78, 5) is 19.0. The number of nitrogens with zero attached hydrogens (tertiary/aromatic N) is 3. The molecule has 0 bridgehead atoms. The van der Waals surface area contributed by atoms with E-state index in [4.69, 9.17) is 0 Å². The normalized spacial score (nSPS) is 16.7. The molecular formula is C20H15F2N3O3. The molecule has 2 aliphatic heterocycles. The molecule has 142 valence electrons. The van der Waals surface area contributed by atoms with Crippen LogP contribution in [0.2, 0.25) is 0 Å². The van der Waals surface area contributed by atoms with E-state index >= 15 is 0 Å². The van der Waals surface area contributed by atoms with Crippen molar-refractivity contribution < 1.29 is 23.0 Å². The lowest BCUT2D eigenvalue weighted by molar-refractivity contribution is -0.286. The number of ether oxygens (including phenoxy) is 2. The molecular weight excluding hydrogens is 368 g/mol.